The lowest BCUT2D eigenvalue weighted by Gasteiger charge is -2.08. The average Bonchev–Trinajstić information content (AvgIpc) is 3.01. The molecule has 0 saturated carbocycles. The van der Waals surface area contributed by atoms with E-state index in [0.29, 0.717) is 11.5 Å². The molecule has 0 fully saturated rings. The quantitative estimate of drug-likeness (QED) is 0.517. The second-order valence-corrected chi connectivity index (χ2v) is 6.76. The Morgan fingerprint density at radius 3 is 2.67 bits per heavy atom. The van der Waals surface area contributed by atoms with E-state index in [2.05, 4.69) is 15.9 Å². The molecule has 6 heteroatoms. The summed E-state index contributed by atoms with van der Waals surface area (Å²) < 4.78 is 17.0. The van der Waals surface area contributed by atoms with Crippen LogP contribution in [0.1, 0.15) is 18.1 Å². The predicted molar refractivity (Wildman–Crippen MR) is 97.7 cm³/mol. The SMILES string of the molecule is CC(=O)O/C(=C\SCc1cc2c(cc1Br)OCO2)c1ccccc1. The van der Waals surface area contributed by atoms with Gasteiger partial charge in [-0.1, -0.05) is 46.3 Å². The molecular weight excluding hydrogens is 392 g/mol. The fourth-order valence-electron chi connectivity index (χ4n) is 2.19. The highest BCUT2D eigenvalue weighted by atomic mass is 79.9. The zero-order valence-corrected chi connectivity index (χ0v) is 15.4. The van der Waals surface area contributed by atoms with Crippen LogP contribution in [0.5, 0.6) is 11.5 Å². The number of thioether (sulfide) groups is 1. The van der Waals surface area contributed by atoms with Crippen LogP contribution in [0, 0.1) is 0 Å². The van der Waals surface area contributed by atoms with Crippen molar-refractivity contribution in [1.82, 2.24) is 0 Å². The smallest absolute Gasteiger partial charge is 0.308 e. The van der Waals surface area contributed by atoms with E-state index in [1.807, 2.05) is 47.9 Å². The van der Waals surface area contributed by atoms with Crippen LogP contribution in [0.4, 0.5) is 0 Å². The predicted octanol–water partition coefficient (Wildman–Crippen LogP) is 4.97. The number of benzene rings is 2. The fourth-order valence-corrected chi connectivity index (χ4v) is 3.67. The summed E-state index contributed by atoms with van der Waals surface area (Å²) in [5.41, 5.74) is 1.95. The summed E-state index contributed by atoms with van der Waals surface area (Å²) in [5, 5.41) is 1.85. The molecule has 1 heterocycles. The lowest BCUT2D eigenvalue weighted by molar-refractivity contribution is -0.134. The summed E-state index contributed by atoms with van der Waals surface area (Å²) >= 11 is 5.09. The highest BCUT2D eigenvalue weighted by Crippen LogP contribution is 2.38. The maximum atomic E-state index is 11.3. The normalized spacial score (nSPS) is 13.0. The zero-order chi connectivity index (χ0) is 16.9. The fraction of sp³-hybridized carbons (Fsp3) is 0.167. The number of esters is 1. The van der Waals surface area contributed by atoms with Crippen LogP contribution in [-0.2, 0) is 15.3 Å². The largest absolute Gasteiger partial charge is 0.454 e. The third-order valence-corrected chi connectivity index (χ3v) is 4.88. The first-order valence-electron chi connectivity index (χ1n) is 7.27. The summed E-state index contributed by atoms with van der Waals surface area (Å²) in [6.07, 6.45) is 0. The molecule has 2 aromatic rings. The van der Waals surface area contributed by atoms with Crippen molar-refractivity contribution in [2.45, 2.75) is 12.7 Å². The molecule has 0 N–H and O–H groups in total. The van der Waals surface area contributed by atoms with Crippen LogP contribution in [0.25, 0.3) is 5.76 Å². The zero-order valence-electron chi connectivity index (χ0n) is 13.0. The molecule has 124 valence electrons. The van der Waals surface area contributed by atoms with Crippen molar-refractivity contribution >= 4 is 39.4 Å². The van der Waals surface area contributed by atoms with Crippen LogP contribution in [0.3, 0.4) is 0 Å². The highest BCUT2D eigenvalue weighted by Gasteiger charge is 2.16. The van der Waals surface area contributed by atoms with Gasteiger partial charge in [0, 0.05) is 28.1 Å². The van der Waals surface area contributed by atoms with E-state index >= 15 is 0 Å². The van der Waals surface area contributed by atoms with Crippen LogP contribution in [-0.4, -0.2) is 12.8 Å². The van der Waals surface area contributed by atoms with Gasteiger partial charge in [-0.15, -0.1) is 11.8 Å². The van der Waals surface area contributed by atoms with Crippen molar-refractivity contribution in [3.8, 4) is 11.5 Å². The minimum Gasteiger partial charge on any atom is -0.454 e. The third-order valence-electron chi connectivity index (χ3n) is 3.28. The van der Waals surface area contributed by atoms with Crippen molar-refractivity contribution in [3.05, 3.63) is 63.5 Å². The van der Waals surface area contributed by atoms with Crippen molar-refractivity contribution in [2.24, 2.45) is 0 Å². The number of carbonyl (C=O) groups excluding carboxylic acids is 1. The molecule has 3 rings (SSSR count). The van der Waals surface area contributed by atoms with Crippen molar-refractivity contribution in [1.29, 1.82) is 0 Å². The number of carbonyl (C=O) groups is 1. The van der Waals surface area contributed by atoms with E-state index in [1.165, 1.54) is 6.92 Å². The van der Waals surface area contributed by atoms with Gasteiger partial charge in [-0.3, -0.25) is 4.79 Å². The van der Waals surface area contributed by atoms with E-state index in [0.717, 1.165) is 27.1 Å². The summed E-state index contributed by atoms with van der Waals surface area (Å²) in [6.45, 7) is 1.65. The number of ether oxygens (including phenoxy) is 3. The number of hydrogen-bond acceptors (Lipinski definition) is 5. The molecule has 0 atom stereocenters. The molecule has 0 bridgehead atoms. The molecular formula is C18H15BrO4S. The van der Waals surface area contributed by atoms with E-state index in [-0.39, 0.29) is 12.8 Å². The van der Waals surface area contributed by atoms with Gasteiger partial charge in [0.25, 0.3) is 0 Å². The Hall–Kier alpha value is -1.92. The van der Waals surface area contributed by atoms with Gasteiger partial charge in [-0.05, 0) is 17.7 Å². The second kappa shape index (κ2) is 7.77. The molecule has 0 aliphatic carbocycles. The van der Waals surface area contributed by atoms with Gasteiger partial charge in [0.05, 0.1) is 0 Å². The number of rotatable bonds is 5. The van der Waals surface area contributed by atoms with Gasteiger partial charge in [-0.25, -0.2) is 0 Å². The molecule has 0 aromatic heterocycles. The van der Waals surface area contributed by atoms with Crippen LogP contribution < -0.4 is 9.47 Å². The molecule has 1 aliphatic heterocycles. The Morgan fingerprint density at radius 1 is 1.25 bits per heavy atom. The molecule has 1 aliphatic rings. The lowest BCUT2D eigenvalue weighted by Crippen LogP contribution is -1.98. The molecule has 0 amide bonds. The average molecular weight is 407 g/mol. The van der Waals surface area contributed by atoms with Gasteiger partial charge in [-0.2, -0.15) is 0 Å². The van der Waals surface area contributed by atoms with E-state index in [4.69, 9.17) is 14.2 Å². The molecule has 0 spiro atoms. The van der Waals surface area contributed by atoms with Gasteiger partial charge in [0.1, 0.15) is 5.76 Å². The molecule has 0 radical (unpaired) electrons. The van der Waals surface area contributed by atoms with Gasteiger partial charge in [0.2, 0.25) is 6.79 Å². The first-order chi connectivity index (χ1) is 11.6. The monoisotopic (exact) mass is 406 g/mol. The van der Waals surface area contributed by atoms with Crippen molar-refractivity contribution < 1.29 is 19.0 Å². The third kappa shape index (κ3) is 4.13. The van der Waals surface area contributed by atoms with Crippen LogP contribution in [0.2, 0.25) is 0 Å². The van der Waals surface area contributed by atoms with E-state index < -0.39 is 0 Å². The summed E-state index contributed by atoms with van der Waals surface area (Å²) in [5.74, 6) is 2.41. The Balaban J connectivity index is 1.74. The van der Waals surface area contributed by atoms with Crippen LogP contribution in [0.15, 0.2) is 52.3 Å². The second-order valence-electron chi connectivity index (χ2n) is 5.05. The molecule has 2 aromatic carbocycles. The maximum Gasteiger partial charge on any atom is 0.308 e. The van der Waals surface area contributed by atoms with E-state index in [1.54, 1.807) is 11.8 Å². The molecule has 4 nitrogen and oxygen atoms in total. The van der Waals surface area contributed by atoms with Crippen molar-refractivity contribution in [3.63, 3.8) is 0 Å². The summed E-state index contributed by atoms with van der Waals surface area (Å²) in [4.78, 5) is 11.3. The van der Waals surface area contributed by atoms with E-state index in [9.17, 15) is 4.79 Å². The molecule has 0 saturated heterocycles. The first-order valence-corrected chi connectivity index (χ1v) is 9.11. The number of halogens is 1. The lowest BCUT2D eigenvalue weighted by atomic mass is 10.2. The highest BCUT2D eigenvalue weighted by molar-refractivity contribution is 9.10. The number of fused-ring (bicyclic) bond motifs is 1. The van der Waals surface area contributed by atoms with Crippen LogP contribution >= 0.6 is 27.7 Å². The Bertz CT molecular complexity index is 774. The Labute approximate surface area is 152 Å². The van der Waals surface area contributed by atoms with Gasteiger partial charge in [0.15, 0.2) is 11.5 Å². The topological polar surface area (TPSA) is 44.8 Å². The first kappa shape index (κ1) is 16.9. The number of hydrogen-bond donors (Lipinski definition) is 0. The minimum atomic E-state index is -0.338. The summed E-state index contributed by atoms with van der Waals surface area (Å²) in [6, 6.07) is 13.4. The molecule has 0 unspecified atom stereocenters. The minimum absolute atomic E-state index is 0.253. The molecule has 24 heavy (non-hydrogen) atoms. The summed E-state index contributed by atoms with van der Waals surface area (Å²) in [7, 11) is 0. The van der Waals surface area contributed by atoms with Gasteiger partial charge >= 0.3 is 5.97 Å². The van der Waals surface area contributed by atoms with Crippen molar-refractivity contribution in [2.75, 3.05) is 6.79 Å². The maximum absolute atomic E-state index is 11.3. The Morgan fingerprint density at radius 2 is 1.96 bits per heavy atom. The van der Waals surface area contributed by atoms with Gasteiger partial charge < -0.3 is 14.2 Å². The Kier molecular flexibility index (Phi) is 5.48. The standard InChI is InChI=1S/C18H15BrO4S/c1-12(20)23-18(13-5-3-2-4-6-13)10-24-9-14-7-16-17(8-15(14)19)22-11-21-16/h2-8,10H,9,11H2,1H3/b18-10-.